The van der Waals surface area contributed by atoms with Gasteiger partial charge >= 0.3 is 0 Å². The quantitative estimate of drug-likeness (QED) is 0.289. The molecule has 0 fully saturated rings. The molecule has 0 spiro atoms. The summed E-state index contributed by atoms with van der Waals surface area (Å²) in [5.41, 5.74) is 7.55. The first-order chi connectivity index (χ1) is 10.5. The van der Waals surface area contributed by atoms with Crippen molar-refractivity contribution in [3.8, 4) is 0 Å². The topological polar surface area (TPSA) is 51.8 Å². The zero-order chi connectivity index (χ0) is 15.7. The molecular weight excluding hydrogens is 514 g/mol. The Balaban J connectivity index is 0.000000131. The van der Waals surface area contributed by atoms with Gasteiger partial charge in [-0.2, -0.15) is 0 Å². The van der Waals surface area contributed by atoms with Crippen LogP contribution in [0, 0.1) is 0 Å². The number of nitrogen functional groups attached to an aromatic ring is 1. The van der Waals surface area contributed by atoms with Gasteiger partial charge in [0.25, 0.3) is 0 Å². The van der Waals surface area contributed by atoms with E-state index < -0.39 is 0 Å². The van der Waals surface area contributed by atoms with Gasteiger partial charge in [0.15, 0.2) is 9.05 Å². The van der Waals surface area contributed by atoms with E-state index in [0.717, 1.165) is 28.6 Å². The molecule has 0 unspecified atom stereocenters. The molecule has 2 N–H and O–H groups in total. The van der Waals surface area contributed by atoms with E-state index in [2.05, 4.69) is 63.8 Å². The van der Waals surface area contributed by atoms with Gasteiger partial charge in [0.2, 0.25) is 0 Å². The standard InChI is InChI=1S/C7H3Br2NS.C7H5BrN2S/c2*8-4-1-2-5-6(3-4)11-7(9)10-5/h1-3H;1-3H,(H2,9,10). The molecule has 8 heteroatoms. The summed E-state index contributed by atoms with van der Waals surface area (Å²) >= 11 is 13.3. The summed E-state index contributed by atoms with van der Waals surface area (Å²) in [5, 5.41) is 0.623. The maximum Gasteiger partial charge on any atom is 0.181 e. The van der Waals surface area contributed by atoms with E-state index in [0.29, 0.717) is 5.13 Å². The third-order valence-electron chi connectivity index (χ3n) is 2.69. The van der Waals surface area contributed by atoms with Crippen molar-refractivity contribution >= 4 is 96.0 Å². The number of nitrogens with zero attached hydrogens (tertiary/aromatic N) is 2. The molecule has 2 heterocycles. The van der Waals surface area contributed by atoms with E-state index in [-0.39, 0.29) is 0 Å². The molecule has 0 radical (unpaired) electrons. The van der Waals surface area contributed by atoms with Crippen LogP contribution in [0.3, 0.4) is 0 Å². The molecule has 3 nitrogen and oxygen atoms in total. The first-order valence-corrected chi connectivity index (χ1v) is 10.1. The van der Waals surface area contributed by atoms with Crippen molar-refractivity contribution in [1.29, 1.82) is 0 Å². The van der Waals surface area contributed by atoms with E-state index in [1.54, 1.807) is 11.3 Å². The van der Waals surface area contributed by atoms with Crippen LogP contribution in [0.4, 0.5) is 5.13 Å². The number of halogens is 3. The van der Waals surface area contributed by atoms with Crippen LogP contribution in [0.25, 0.3) is 20.4 Å². The largest absolute Gasteiger partial charge is 0.375 e. The second kappa shape index (κ2) is 6.92. The smallest absolute Gasteiger partial charge is 0.181 e. The first-order valence-electron chi connectivity index (χ1n) is 6.04. The van der Waals surface area contributed by atoms with Crippen LogP contribution < -0.4 is 5.73 Å². The van der Waals surface area contributed by atoms with Gasteiger partial charge in [-0.15, -0.1) is 11.3 Å². The highest BCUT2D eigenvalue weighted by molar-refractivity contribution is 9.11. The van der Waals surface area contributed by atoms with Crippen LogP contribution in [0.5, 0.6) is 0 Å². The molecule has 0 saturated carbocycles. The van der Waals surface area contributed by atoms with Crippen LogP contribution in [0.15, 0.2) is 49.3 Å². The fraction of sp³-hybridized carbons (Fsp3) is 0. The molecule has 112 valence electrons. The molecule has 2 aromatic heterocycles. The number of benzene rings is 2. The Kier molecular flexibility index (Phi) is 5.13. The summed E-state index contributed by atoms with van der Waals surface area (Å²) in [6.45, 7) is 0. The normalized spacial score (nSPS) is 10.7. The van der Waals surface area contributed by atoms with Gasteiger partial charge in [-0.3, -0.25) is 0 Å². The third-order valence-corrected chi connectivity index (χ3v) is 5.99. The van der Waals surface area contributed by atoms with E-state index in [1.807, 2.05) is 30.3 Å². The Labute approximate surface area is 160 Å². The molecule has 0 atom stereocenters. The van der Waals surface area contributed by atoms with Crippen molar-refractivity contribution in [3.63, 3.8) is 0 Å². The fourth-order valence-corrected chi connectivity index (χ4v) is 5.03. The molecule has 0 aliphatic carbocycles. The first kappa shape index (κ1) is 16.3. The number of nitrogens with two attached hydrogens (primary N) is 1. The Hall–Kier alpha value is -0.540. The summed E-state index contributed by atoms with van der Waals surface area (Å²) in [5.74, 6) is 0. The lowest BCUT2D eigenvalue weighted by atomic mass is 10.3. The zero-order valence-electron chi connectivity index (χ0n) is 10.9. The molecule has 0 aliphatic rings. The molecule has 22 heavy (non-hydrogen) atoms. The van der Waals surface area contributed by atoms with E-state index >= 15 is 0 Å². The Bertz CT molecular complexity index is 871. The van der Waals surface area contributed by atoms with Crippen LogP contribution in [0.2, 0.25) is 0 Å². The minimum Gasteiger partial charge on any atom is -0.375 e. The van der Waals surface area contributed by atoms with Crippen molar-refractivity contribution in [1.82, 2.24) is 9.97 Å². The van der Waals surface area contributed by atoms with Crippen molar-refractivity contribution in [3.05, 3.63) is 49.3 Å². The van der Waals surface area contributed by atoms with Gasteiger partial charge < -0.3 is 5.73 Å². The maximum atomic E-state index is 5.53. The summed E-state index contributed by atoms with van der Waals surface area (Å²) in [6.07, 6.45) is 0. The number of fused-ring (bicyclic) bond motifs is 2. The number of aromatic nitrogens is 2. The third kappa shape index (κ3) is 3.86. The van der Waals surface area contributed by atoms with Crippen molar-refractivity contribution in [2.45, 2.75) is 0 Å². The van der Waals surface area contributed by atoms with Crippen LogP contribution in [0.1, 0.15) is 0 Å². The lowest BCUT2D eigenvalue weighted by molar-refractivity contribution is 1.45. The lowest BCUT2D eigenvalue weighted by Gasteiger charge is -1.86. The second-order valence-corrected chi connectivity index (χ2v) is 9.44. The number of thiazole rings is 2. The minimum absolute atomic E-state index is 0.623. The van der Waals surface area contributed by atoms with Gasteiger partial charge in [0.1, 0.15) is 0 Å². The summed E-state index contributed by atoms with van der Waals surface area (Å²) in [6, 6.07) is 12.0. The minimum atomic E-state index is 0.623. The highest BCUT2D eigenvalue weighted by atomic mass is 79.9. The Morgan fingerprint density at radius 1 is 0.773 bits per heavy atom. The van der Waals surface area contributed by atoms with E-state index in [4.69, 9.17) is 5.73 Å². The number of hydrogen-bond donors (Lipinski definition) is 1. The summed E-state index contributed by atoms with van der Waals surface area (Å²) in [7, 11) is 0. The second-order valence-electron chi connectivity index (χ2n) is 4.24. The molecule has 0 bridgehead atoms. The molecule has 2 aromatic carbocycles. The van der Waals surface area contributed by atoms with Gasteiger partial charge in [0, 0.05) is 8.95 Å². The van der Waals surface area contributed by atoms with Gasteiger partial charge in [0.05, 0.1) is 20.4 Å². The number of anilines is 1. The molecule has 0 amide bonds. The van der Waals surface area contributed by atoms with Gasteiger partial charge in [-0.05, 0) is 52.3 Å². The average molecular weight is 522 g/mol. The van der Waals surface area contributed by atoms with Crippen LogP contribution >= 0.6 is 70.5 Å². The zero-order valence-corrected chi connectivity index (χ0v) is 17.3. The molecule has 4 rings (SSSR count). The Morgan fingerprint density at radius 3 is 1.95 bits per heavy atom. The predicted octanol–water partition coefficient (Wildman–Crippen LogP) is 6.46. The molecule has 0 aliphatic heterocycles. The molecule has 4 aromatic rings. The summed E-state index contributed by atoms with van der Waals surface area (Å²) in [4.78, 5) is 8.40. The lowest BCUT2D eigenvalue weighted by Crippen LogP contribution is -1.78. The summed E-state index contributed by atoms with van der Waals surface area (Å²) < 4.78 is 5.42. The highest BCUT2D eigenvalue weighted by Crippen LogP contribution is 2.28. The Morgan fingerprint density at radius 2 is 1.32 bits per heavy atom. The average Bonchev–Trinajstić information content (AvgIpc) is 2.99. The van der Waals surface area contributed by atoms with Crippen LogP contribution in [-0.4, -0.2) is 9.97 Å². The molecular formula is C14H8Br3N3S2. The predicted molar refractivity (Wildman–Crippen MR) is 107 cm³/mol. The highest BCUT2D eigenvalue weighted by Gasteiger charge is 2.00. The SMILES string of the molecule is Brc1ccc2nc(Br)sc2c1.Nc1nc2ccc(Br)cc2s1. The van der Waals surface area contributed by atoms with Crippen molar-refractivity contribution < 1.29 is 0 Å². The maximum absolute atomic E-state index is 5.53. The van der Waals surface area contributed by atoms with Gasteiger partial charge in [-0.1, -0.05) is 43.2 Å². The van der Waals surface area contributed by atoms with E-state index in [9.17, 15) is 0 Å². The molecule has 0 saturated heterocycles. The van der Waals surface area contributed by atoms with Crippen molar-refractivity contribution in [2.75, 3.05) is 5.73 Å². The van der Waals surface area contributed by atoms with Gasteiger partial charge in [-0.25, -0.2) is 9.97 Å². The fourth-order valence-electron chi connectivity index (χ4n) is 1.79. The monoisotopic (exact) mass is 519 g/mol. The van der Waals surface area contributed by atoms with Crippen molar-refractivity contribution in [2.24, 2.45) is 0 Å². The number of rotatable bonds is 0. The van der Waals surface area contributed by atoms with Crippen LogP contribution in [-0.2, 0) is 0 Å². The number of hydrogen-bond acceptors (Lipinski definition) is 5. The van der Waals surface area contributed by atoms with E-state index in [1.165, 1.54) is 16.0 Å².